The number of rotatable bonds is 7. The van der Waals surface area contributed by atoms with Gasteiger partial charge in [-0.15, -0.1) is 0 Å². The molecule has 0 spiro atoms. The number of methoxy groups -OCH3 is 1. The molecule has 0 amide bonds. The standard InChI is InChI=1S/C12H22O2/c1-5-6-9-12(3,14-4)11(2)8-7-10-13/h7-8,10-11H,5-6,9H2,1-4H3/b8-7+. The molecule has 0 aliphatic heterocycles. The largest absolute Gasteiger partial charge is 0.378 e. The van der Waals surface area contributed by atoms with Crippen molar-refractivity contribution >= 4 is 6.29 Å². The number of allylic oxidation sites excluding steroid dienone is 1. The molecule has 0 aliphatic carbocycles. The second kappa shape index (κ2) is 6.77. The van der Waals surface area contributed by atoms with Crippen molar-refractivity contribution in [3.05, 3.63) is 12.2 Å². The third-order valence-corrected chi connectivity index (χ3v) is 2.93. The van der Waals surface area contributed by atoms with Crippen LogP contribution in [0.4, 0.5) is 0 Å². The Labute approximate surface area is 87.3 Å². The summed E-state index contributed by atoms with van der Waals surface area (Å²) < 4.78 is 5.53. The summed E-state index contributed by atoms with van der Waals surface area (Å²) in [6.07, 6.45) is 7.63. The van der Waals surface area contributed by atoms with Gasteiger partial charge in [0.1, 0.15) is 6.29 Å². The zero-order valence-electron chi connectivity index (χ0n) is 9.75. The van der Waals surface area contributed by atoms with Crippen molar-refractivity contribution in [1.29, 1.82) is 0 Å². The molecule has 0 bridgehead atoms. The van der Waals surface area contributed by atoms with Crippen LogP contribution in [0.5, 0.6) is 0 Å². The van der Waals surface area contributed by atoms with Gasteiger partial charge in [0.05, 0.1) is 5.60 Å². The zero-order valence-corrected chi connectivity index (χ0v) is 9.75. The van der Waals surface area contributed by atoms with Crippen LogP contribution in [0.15, 0.2) is 12.2 Å². The summed E-state index contributed by atoms with van der Waals surface area (Å²) in [5.41, 5.74) is -0.143. The molecule has 0 saturated heterocycles. The van der Waals surface area contributed by atoms with E-state index in [1.807, 2.05) is 6.08 Å². The first-order valence-electron chi connectivity index (χ1n) is 5.27. The molecule has 0 aliphatic rings. The van der Waals surface area contributed by atoms with E-state index in [9.17, 15) is 4.79 Å². The van der Waals surface area contributed by atoms with E-state index in [2.05, 4.69) is 20.8 Å². The number of unbranched alkanes of at least 4 members (excludes halogenated alkanes) is 1. The van der Waals surface area contributed by atoms with Gasteiger partial charge in [0.15, 0.2) is 0 Å². The number of carbonyl (C=O) groups is 1. The second-order valence-corrected chi connectivity index (χ2v) is 3.93. The van der Waals surface area contributed by atoms with Crippen LogP contribution in [0, 0.1) is 5.92 Å². The van der Waals surface area contributed by atoms with Gasteiger partial charge < -0.3 is 4.74 Å². The van der Waals surface area contributed by atoms with Gasteiger partial charge >= 0.3 is 0 Å². The third kappa shape index (κ3) is 4.05. The smallest absolute Gasteiger partial charge is 0.142 e. The summed E-state index contributed by atoms with van der Waals surface area (Å²) in [7, 11) is 1.74. The Morgan fingerprint density at radius 3 is 2.57 bits per heavy atom. The second-order valence-electron chi connectivity index (χ2n) is 3.93. The van der Waals surface area contributed by atoms with Gasteiger partial charge in [0.25, 0.3) is 0 Å². The van der Waals surface area contributed by atoms with Crippen LogP contribution in [0.2, 0.25) is 0 Å². The molecule has 82 valence electrons. The van der Waals surface area contributed by atoms with E-state index in [-0.39, 0.29) is 11.5 Å². The normalized spacial score (nSPS) is 18.0. The molecule has 0 aromatic carbocycles. The lowest BCUT2D eigenvalue weighted by atomic mass is 9.85. The Hall–Kier alpha value is -0.630. The summed E-state index contributed by atoms with van der Waals surface area (Å²) in [5.74, 6) is 0.268. The summed E-state index contributed by atoms with van der Waals surface area (Å²) in [5, 5.41) is 0. The Kier molecular flexibility index (Phi) is 6.46. The summed E-state index contributed by atoms with van der Waals surface area (Å²) >= 11 is 0. The third-order valence-electron chi connectivity index (χ3n) is 2.93. The average Bonchev–Trinajstić information content (AvgIpc) is 2.22. The Bertz CT molecular complexity index is 187. The molecule has 0 aromatic heterocycles. The molecule has 0 rings (SSSR count). The van der Waals surface area contributed by atoms with Gasteiger partial charge in [-0.1, -0.05) is 32.8 Å². The minimum atomic E-state index is -0.143. The lowest BCUT2D eigenvalue weighted by Gasteiger charge is -2.32. The molecule has 0 radical (unpaired) electrons. The molecule has 0 heterocycles. The lowest BCUT2D eigenvalue weighted by molar-refractivity contribution is -0.104. The molecule has 2 unspecified atom stereocenters. The molecule has 2 heteroatoms. The summed E-state index contributed by atoms with van der Waals surface area (Å²) in [6.45, 7) is 6.35. The first kappa shape index (κ1) is 13.4. The van der Waals surface area contributed by atoms with Crippen LogP contribution in [-0.2, 0) is 9.53 Å². The van der Waals surface area contributed by atoms with E-state index in [0.717, 1.165) is 19.1 Å². The van der Waals surface area contributed by atoms with E-state index >= 15 is 0 Å². The van der Waals surface area contributed by atoms with Crippen molar-refractivity contribution < 1.29 is 9.53 Å². The van der Waals surface area contributed by atoms with Gasteiger partial charge in [0, 0.05) is 13.0 Å². The van der Waals surface area contributed by atoms with Crippen molar-refractivity contribution in [3.63, 3.8) is 0 Å². The quantitative estimate of drug-likeness (QED) is 0.464. The van der Waals surface area contributed by atoms with Crippen molar-refractivity contribution in [2.24, 2.45) is 5.92 Å². The Balaban J connectivity index is 4.32. The van der Waals surface area contributed by atoms with Crippen LogP contribution in [-0.4, -0.2) is 19.0 Å². The van der Waals surface area contributed by atoms with E-state index in [0.29, 0.717) is 0 Å². The van der Waals surface area contributed by atoms with Crippen LogP contribution in [0.3, 0.4) is 0 Å². The van der Waals surface area contributed by atoms with Crippen LogP contribution >= 0.6 is 0 Å². The minimum absolute atomic E-state index is 0.143. The fraction of sp³-hybridized carbons (Fsp3) is 0.750. The fourth-order valence-electron chi connectivity index (χ4n) is 1.46. The number of aldehydes is 1. The SMILES string of the molecule is CCCCC(C)(OC)C(C)/C=C/C=O. The van der Waals surface area contributed by atoms with Gasteiger partial charge in [-0.25, -0.2) is 0 Å². The number of ether oxygens (including phenoxy) is 1. The fourth-order valence-corrected chi connectivity index (χ4v) is 1.46. The summed E-state index contributed by atoms with van der Waals surface area (Å²) in [6, 6.07) is 0. The van der Waals surface area contributed by atoms with Crippen molar-refractivity contribution in [1.82, 2.24) is 0 Å². The maximum Gasteiger partial charge on any atom is 0.142 e. The highest BCUT2D eigenvalue weighted by atomic mass is 16.5. The van der Waals surface area contributed by atoms with Crippen molar-refractivity contribution in [2.45, 2.75) is 45.6 Å². The number of hydrogen-bond donors (Lipinski definition) is 0. The van der Waals surface area contributed by atoms with Crippen LogP contribution in [0.25, 0.3) is 0 Å². The lowest BCUT2D eigenvalue weighted by Crippen LogP contribution is -2.34. The highest BCUT2D eigenvalue weighted by molar-refractivity contribution is 5.64. The van der Waals surface area contributed by atoms with Gasteiger partial charge in [0.2, 0.25) is 0 Å². The molecular weight excluding hydrogens is 176 g/mol. The first-order chi connectivity index (χ1) is 6.60. The maximum atomic E-state index is 10.2. The predicted octanol–water partition coefficient (Wildman–Crippen LogP) is 2.97. The molecule has 2 atom stereocenters. The Morgan fingerprint density at radius 2 is 2.14 bits per heavy atom. The topological polar surface area (TPSA) is 26.3 Å². The maximum absolute atomic E-state index is 10.2. The van der Waals surface area contributed by atoms with Crippen LogP contribution in [0.1, 0.15) is 40.0 Å². The number of hydrogen-bond acceptors (Lipinski definition) is 2. The minimum Gasteiger partial charge on any atom is -0.378 e. The Morgan fingerprint density at radius 1 is 1.50 bits per heavy atom. The monoisotopic (exact) mass is 198 g/mol. The van der Waals surface area contributed by atoms with Gasteiger partial charge in [-0.05, 0) is 19.4 Å². The van der Waals surface area contributed by atoms with Crippen LogP contribution < -0.4 is 0 Å². The van der Waals surface area contributed by atoms with E-state index in [1.54, 1.807) is 13.2 Å². The van der Waals surface area contributed by atoms with E-state index in [4.69, 9.17) is 4.74 Å². The highest BCUT2D eigenvalue weighted by Gasteiger charge is 2.28. The van der Waals surface area contributed by atoms with Crippen molar-refractivity contribution in [3.8, 4) is 0 Å². The zero-order chi connectivity index (χ0) is 11.0. The molecule has 2 nitrogen and oxygen atoms in total. The van der Waals surface area contributed by atoms with Gasteiger partial charge in [-0.2, -0.15) is 0 Å². The molecule has 0 aromatic rings. The van der Waals surface area contributed by atoms with E-state index < -0.39 is 0 Å². The molecule has 0 fully saturated rings. The summed E-state index contributed by atoms with van der Waals surface area (Å²) in [4.78, 5) is 10.2. The molecule has 0 N–H and O–H groups in total. The molecule has 0 saturated carbocycles. The number of carbonyl (C=O) groups excluding carboxylic acids is 1. The first-order valence-corrected chi connectivity index (χ1v) is 5.27. The van der Waals surface area contributed by atoms with E-state index in [1.165, 1.54) is 6.42 Å². The molecule has 14 heavy (non-hydrogen) atoms. The predicted molar refractivity (Wildman–Crippen MR) is 59.3 cm³/mol. The van der Waals surface area contributed by atoms with Crippen molar-refractivity contribution in [2.75, 3.05) is 7.11 Å². The highest BCUT2D eigenvalue weighted by Crippen LogP contribution is 2.27. The molecular formula is C12H22O2. The van der Waals surface area contributed by atoms with Gasteiger partial charge in [-0.3, -0.25) is 4.79 Å². The average molecular weight is 198 g/mol.